The average Bonchev–Trinajstić information content (AvgIpc) is 3.33. The molecule has 0 aliphatic heterocycles. The highest BCUT2D eigenvalue weighted by molar-refractivity contribution is 5.33. The Morgan fingerprint density at radius 3 is 2.03 bits per heavy atom. The van der Waals surface area contributed by atoms with E-state index in [1.54, 1.807) is 0 Å². The number of hydrogen-bond donors (Lipinski definition) is 0. The molecule has 0 amide bonds. The van der Waals surface area contributed by atoms with Gasteiger partial charge in [-0.3, -0.25) is 0 Å². The minimum atomic E-state index is -0.0129. The molecule has 2 atom stereocenters. The smallest absolute Gasteiger partial charge is 0.112 e. The van der Waals surface area contributed by atoms with Gasteiger partial charge in [0.25, 0.3) is 0 Å². The second kappa shape index (κ2) is 14.1. The van der Waals surface area contributed by atoms with E-state index in [1.165, 1.54) is 68.3 Å². The summed E-state index contributed by atoms with van der Waals surface area (Å²) in [6.45, 7) is 8.15. The average molecular weight is 459 g/mol. The molecule has 0 radical (unpaired) electrons. The molecule has 0 saturated heterocycles. The Labute approximate surface area is 208 Å². The lowest BCUT2D eigenvalue weighted by molar-refractivity contribution is 0.328. The maximum atomic E-state index is 4.98. The van der Waals surface area contributed by atoms with Crippen LogP contribution in [-0.2, 0) is 18.4 Å². The van der Waals surface area contributed by atoms with Crippen LogP contribution in [0.2, 0.25) is 0 Å². The Hall–Kier alpha value is -2.35. The number of nitrogens with zero attached hydrogens (tertiary/aromatic N) is 2. The van der Waals surface area contributed by atoms with Crippen LogP contribution in [0.15, 0.2) is 73.1 Å². The van der Waals surface area contributed by atoms with Crippen LogP contribution >= 0.6 is 0 Å². The number of hydrogen-bond acceptors (Lipinski definition) is 1. The molecule has 2 unspecified atom stereocenters. The molecule has 0 aliphatic rings. The van der Waals surface area contributed by atoms with Crippen molar-refractivity contribution in [1.29, 1.82) is 0 Å². The summed E-state index contributed by atoms with van der Waals surface area (Å²) in [5.41, 5.74) is 2.80. The van der Waals surface area contributed by atoms with Gasteiger partial charge in [-0.15, -0.1) is 0 Å². The lowest BCUT2D eigenvalue weighted by Crippen LogP contribution is -2.35. The first-order chi connectivity index (χ1) is 16.7. The summed E-state index contributed by atoms with van der Waals surface area (Å²) >= 11 is 0. The molecule has 0 spiro atoms. The van der Waals surface area contributed by atoms with Gasteiger partial charge in [0.15, 0.2) is 0 Å². The Bertz CT molecular complexity index is 914. The van der Waals surface area contributed by atoms with Crippen molar-refractivity contribution in [3.8, 4) is 0 Å². The van der Waals surface area contributed by atoms with Crippen molar-refractivity contribution in [3.63, 3.8) is 0 Å². The quantitative estimate of drug-likeness (QED) is 0.196. The molecule has 3 aromatic rings. The summed E-state index contributed by atoms with van der Waals surface area (Å²) in [5, 5.41) is 0. The summed E-state index contributed by atoms with van der Waals surface area (Å²) < 4.78 is 2.46. The number of aryl methyl sites for hydroxylation is 1. The molecule has 3 rings (SSSR count). The fourth-order valence-electron chi connectivity index (χ4n) is 5.52. The number of rotatable bonds is 16. The molecule has 34 heavy (non-hydrogen) atoms. The van der Waals surface area contributed by atoms with E-state index in [4.69, 9.17) is 4.98 Å². The van der Waals surface area contributed by atoms with Gasteiger partial charge < -0.3 is 4.57 Å². The van der Waals surface area contributed by atoms with Gasteiger partial charge >= 0.3 is 0 Å². The van der Waals surface area contributed by atoms with Crippen LogP contribution in [-0.4, -0.2) is 9.55 Å². The highest BCUT2D eigenvalue weighted by Crippen LogP contribution is 2.44. The predicted octanol–water partition coefficient (Wildman–Crippen LogP) is 9.11. The van der Waals surface area contributed by atoms with Crippen molar-refractivity contribution in [1.82, 2.24) is 9.55 Å². The Kier molecular flexibility index (Phi) is 10.9. The van der Waals surface area contributed by atoms with Crippen molar-refractivity contribution in [2.75, 3.05) is 0 Å². The zero-order chi connectivity index (χ0) is 24.1. The third kappa shape index (κ3) is 7.32. The first-order valence-electron chi connectivity index (χ1n) is 13.8. The molecule has 1 aromatic heterocycles. The molecular weight excluding hydrogens is 412 g/mol. The normalized spacial score (nSPS) is 14.1. The topological polar surface area (TPSA) is 17.8 Å². The highest BCUT2D eigenvalue weighted by atomic mass is 15.1. The van der Waals surface area contributed by atoms with E-state index < -0.39 is 0 Å². The maximum absolute atomic E-state index is 4.98. The van der Waals surface area contributed by atoms with Crippen molar-refractivity contribution < 1.29 is 0 Å². The van der Waals surface area contributed by atoms with E-state index in [2.05, 4.69) is 92.2 Å². The Morgan fingerprint density at radius 1 is 0.765 bits per heavy atom. The van der Waals surface area contributed by atoms with E-state index in [0.717, 1.165) is 25.8 Å². The molecule has 0 fully saturated rings. The number of benzene rings is 2. The van der Waals surface area contributed by atoms with Crippen LogP contribution in [0.25, 0.3) is 0 Å². The van der Waals surface area contributed by atoms with Crippen molar-refractivity contribution >= 4 is 0 Å². The van der Waals surface area contributed by atoms with Crippen LogP contribution in [0.1, 0.15) is 108 Å². The first kappa shape index (κ1) is 26.3. The first-order valence-corrected chi connectivity index (χ1v) is 13.8. The third-order valence-electron chi connectivity index (χ3n) is 7.51. The standard InChI is InChI=1S/C32H46N2/c1-4-6-7-8-9-10-11-18-25-34-26-24-33-31(34)30(19-5-2)32(3,29-22-16-13-17-23-29)27-28-20-14-12-15-21-28/h12-17,20-24,26,30H,4-11,18-19,25,27H2,1-3H3. The number of imidazole rings is 1. The molecule has 0 bridgehead atoms. The second-order valence-corrected chi connectivity index (χ2v) is 10.2. The highest BCUT2D eigenvalue weighted by Gasteiger charge is 2.38. The van der Waals surface area contributed by atoms with Crippen molar-refractivity contribution in [3.05, 3.63) is 90.0 Å². The lowest BCUT2D eigenvalue weighted by Gasteiger charge is -2.39. The zero-order valence-corrected chi connectivity index (χ0v) is 21.9. The van der Waals surface area contributed by atoms with Crippen LogP contribution in [0.5, 0.6) is 0 Å². The molecule has 2 nitrogen and oxygen atoms in total. The maximum Gasteiger partial charge on any atom is 0.112 e. The molecule has 0 saturated carbocycles. The van der Waals surface area contributed by atoms with Gasteiger partial charge in [-0.2, -0.15) is 0 Å². The molecule has 1 heterocycles. The van der Waals surface area contributed by atoms with E-state index in [-0.39, 0.29) is 5.41 Å². The van der Waals surface area contributed by atoms with Gasteiger partial charge in [-0.05, 0) is 30.4 Å². The molecule has 2 aromatic carbocycles. The number of aromatic nitrogens is 2. The van der Waals surface area contributed by atoms with Crippen LogP contribution in [0.3, 0.4) is 0 Å². The largest absolute Gasteiger partial charge is 0.335 e. The summed E-state index contributed by atoms with van der Waals surface area (Å²) in [7, 11) is 0. The molecule has 2 heteroatoms. The van der Waals surface area contributed by atoms with Gasteiger partial charge in [-0.25, -0.2) is 4.98 Å². The predicted molar refractivity (Wildman–Crippen MR) is 146 cm³/mol. The molecule has 0 aliphatic carbocycles. The minimum absolute atomic E-state index is 0.0129. The van der Waals surface area contributed by atoms with E-state index >= 15 is 0 Å². The van der Waals surface area contributed by atoms with Gasteiger partial charge in [0, 0.05) is 30.3 Å². The molecular formula is C32H46N2. The van der Waals surface area contributed by atoms with Crippen LogP contribution in [0, 0.1) is 0 Å². The summed E-state index contributed by atoms with van der Waals surface area (Å²) in [4.78, 5) is 4.98. The van der Waals surface area contributed by atoms with Gasteiger partial charge in [0.2, 0.25) is 0 Å². The van der Waals surface area contributed by atoms with Gasteiger partial charge in [-0.1, -0.05) is 133 Å². The molecule has 184 valence electrons. The second-order valence-electron chi connectivity index (χ2n) is 10.2. The Balaban J connectivity index is 1.77. The zero-order valence-electron chi connectivity index (χ0n) is 21.9. The lowest BCUT2D eigenvalue weighted by atomic mass is 9.66. The monoisotopic (exact) mass is 458 g/mol. The van der Waals surface area contributed by atoms with Gasteiger partial charge in [0.05, 0.1) is 0 Å². The van der Waals surface area contributed by atoms with Crippen LogP contribution < -0.4 is 0 Å². The summed E-state index contributed by atoms with van der Waals surface area (Å²) in [6, 6.07) is 22.1. The summed E-state index contributed by atoms with van der Waals surface area (Å²) in [5.74, 6) is 1.65. The summed E-state index contributed by atoms with van der Waals surface area (Å²) in [6.07, 6.45) is 18.4. The fraction of sp³-hybridized carbons (Fsp3) is 0.531. The van der Waals surface area contributed by atoms with E-state index in [9.17, 15) is 0 Å². The van der Waals surface area contributed by atoms with E-state index in [0.29, 0.717) is 5.92 Å². The SMILES string of the molecule is CCCCCCCCCCn1ccnc1C(CCC)C(C)(Cc1ccccc1)c1ccccc1. The van der Waals surface area contributed by atoms with Crippen molar-refractivity contribution in [2.45, 2.75) is 109 Å². The molecule has 0 N–H and O–H groups in total. The third-order valence-corrected chi connectivity index (χ3v) is 7.51. The van der Waals surface area contributed by atoms with Gasteiger partial charge in [0.1, 0.15) is 5.82 Å². The minimum Gasteiger partial charge on any atom is -0.335 e. The van der Waals surface area contributed by atoms with Crippen molar-refractivity contribution in [2.24, 2.45) is 0 Å². The Morgan fingerprint density at radius 2 is 1.38 bits per heavy atom. The van der Waals surface area contributed by atoms with Crippen LogP contribution in [0.4, 0.5) is 0 Å². The number of unbranched alkanes of at least 4 members (excludes halogenated alkanes) is 7. The fourth-order valence-corrected chi connectivity index (χ4v) is 5.52. The van der Waals surface area contributed by atoms with E-state index in [1.807, 2.05) is 6.20 Å².